The van der Waals surface area contributed by atoms with Crippen LogP contribution in [0.25, 0.3) is 0 Å². The maximum Gasteiger partial charge on any atom is 0.326 e. The van der Waals surface area contributed by atoms with Gasteiger partial charge in [0.2, 0.25) is 0 Å². The van der Waals surface area contributed by atoms with E-state index in [-0.39, 0.29) is 24.2 Å². The molecule has 1 rings (SSSR count). The van der Waals surface area contributed by atoms with Crippen molar-refractivity contribution in [3.8, 4) is 0 Å². The number of ether oxygens (including phenoxy) is 1. The minimum atomic E-state index is -1.10. The van der Waals surface area contributed by atoms with Crippen LogP contribution in [-0.4, -0.2) is 35.2 Å². The zero-order valence-corrected chi connectivity index (χ0v) is 14.0. The first kappa shape index (κ1) is 18.5. The van der Waals surface area contributed by atoms with E-state index < -0.39 is 17.9 Å². The molecule has 1 atom stereocenters. The van der Waals surface area contributed by atoms with Gasteiger partial charge in [0.1, 0.15) is 6.04 Å². The number of carboxylic acid groups (broad SMARTS) is 1. The molecule has 0 saturated heterocycles. The van der Waals surface area contributed by atoms with Gasteiger partial charge in [-0.25, -0.2) is 4.79 Å². The lowest BCUT2D eigenvalue weighted by molar-refractivity contribution is -0.140. The van der Waals surface area contributed by atoms with Gasteiger partial charge < -0.3 is 15.2 Å². The molecule has 1 unspecified atom stereocenters. The van der Waals surface area contributed by atoms with E-state index in [1.807, 2.05) is 20.8 Å². The van der Waals surface area contributed by atoms with Gasteiger partial charge in [-0.15, -0.1) is 0 Å². The molecule has 0 bridgehead atoms. The molecule has 122 valence electrons. The van der Waals surface area contributed by atoms with Crippen LogP contribution in [0, 0.1) is 6.92 Å². The molecule has 0 spiro atoms. The Hall–Kier alpha value is -1.59. The number of carbonyl (C=O) groups is 2. The predicted octanol–water partition coefficient (Wildman–Crippen LogP) is 3.04. The van der Waals surface area contributed by atoms with Crippen LogP contribution < -0.4 is 5.32 Å². The van der Waals surface area contributed by atoms with Gasteiger partial charge in [0, 0.05) is 13.0 Å². The molecular weight excluding hydrogens is 306 g/mol. The zero-order chi connectivity index (χ0) is 16.9. The molecule has 6 heteroatoms. The first-order chi connectivity index (χ1) is 10.1. The Bertz CT molecular complexity index is 552. The van der Waals surface area contributed by atoms with E-state index in [1.54, 1.807) is 25.1 Å². The summed E-state index contributed by atoms with van der Waals surface area (Å²) in [7, 11) is 0. The van der Waals surface area contributed by atoms with Crippen molar-refractivity contribution >= 4 is 23.5 Å². The van der Waals surface area contributed by atoms with Gasteiger partial charge in [0.25, 0.3) is 5.91 Å². The van der Waals surface area contributed by atoms with Crippen molar-refractivity contribution in [1.82, 2.24) is 5.32 Å². The van der Waals surface area contributed by atoms with Crippen molar-refractivity contribution in [2.75, 3.05) is 6.61 Å². The second-order valence-electron chi connectivity index (χ2n) is 6.05. The van der Waals surface area contributed by atoms with Gasteiger partial charge in [-0.05, 0) is 39.3 Å². The van der Waals surface area contributed by atoms with Gasteiger partial charge in [0.15, 0.2) is 0 Å². The molecule has 1 aromatic carbocycles. The first-order valence-electron chi connectivity index (χ1n) is 7.04. The van der Waals surface area contributed by atoms with Gasteiger partial charge in [-0.1, -0.05) is 23.7 Å². The first-order valence-corrected chi connectivity index (χ1v) is 7.42. The molecule has 0 aliphatic carbocycles. The summed E-state index contributed by atoms with van der Waals surface area (Å²) >= 11 is 6.08. The normalized spacial score (nSPS) is 12.8. The quantitative estimate of drug-likeness (QED) is 0.842. The lowest BCUT2D eigenvalue weighted by Crippen LogP contribution is -2.42. The van der Waals surface area contributed by atoms with Crippen LogP contribution >= 0.6 is 11.6 Å². The molecule has 0 fully saturated rings. The highest BCUT2D eigenvalue weighted by Gasteiger charge is 2.23. The number of halogens is 1. The molecule has 0 saturated carbocycles. The summed E-state index contributed by atoms with van der Waals surface area (Å²) in [6.45, 7) is 7.67. The highest BCUT2D eigenvalue weighted by Crippen LogP contribution is 2.20. The van der Waals surface area contributed by atoms with Crippen LogP contribution in [0.3, 0.4) is 0 Å². The summed E-state index contributed by atoms with van der Waals surface area (Å²) in [5, 5.41) is 12.0. The van der Waals surface area contributed by atoms with Crippen LogP contribution in [0.4, 0.5) is 0 Å². The van der Waals surface area contributed by atoms with Crippen molar-refractivity contribution < 1.29 is 19.4 Å². The average Bonchev–Trinajstić information content (AvgIpc) is 2.39. The third-order valence-corrected chi connectivity index (χ3v) is 3.48. The van der Waals surface area contributed by atoms with E-state index in [9.17, 15) is 14.7 Å². The molecule has 22 heavy (non-hydrogen) atoms. The van der Waals surface area contributed by atoms with Gasteiger partial charge in [-0.3, -0.25) is 4.79 Å². The van der Waals surface area contributed by atoms with Crippen molar-refractivity contribution in [3.05, 3.63) is 34.3 Å². The highest BCUT2D eigenvalue weighted by molar-refractivity contribution is 6.34. The predicted molar refractivity (Wildman–Crippen MR) is 85.4 cm³/mol. The Morgan fingerprint density at radius 3 is 2.55 bits per heavy atom. The van der Waals surface area contributed by atoms with E-state index in [4.69, 9.17) is 16.3 Å². The minimum absolute atomic E-state index is 0.182. The SMILES string of the molecule is Cc1cccc(C(=O)NC(CCOC(C)(C)C)C(=O)O)c1Cl. The monoisotopic (exact) mass is 327 g/mol. The summed E-state index contributed by atoms with van der Waals surface area (Å²) in [4.78, 5) is 23.5. The smallest absolute Gasteiger partial charge is 0.326 e. The van der Waals surface area contributed by atoms with E-state index in [0.717, 1.165) is 5.56 Å². The van der Waals surface area contributed by atoms with Crippen molar-refractivity contribution in [3.63, 3.8) is 0 Å². The summed E-state index contributed by atoms with van der Waals surface area (Å²) in [6, 6.07) is 4.03. The number of amides is 1. The van der Waals surface area contributed by atoms with Gasteiger partial charge in [0.05, 0.1) is 16.2 Å². The van der Waals surface area contributed by atoms with Crippen LogP contribution in [-0.2, 0) is 9.53 Å². The number of hydrogen-bond donors (Lipinski definition) is 2. The van der Waals surface area contributed by atoms with Crippen LogP contribution in [0.15, 0.2) is 18.2 Å². The largest absolute Gasteiger partial charge is 0.480 e. The minimum Gasteiger partial charge on any atom is -0.480 e. The second-order valence-corrected chi connectivity index (χ2v) is 6.43. The summed E-state index contributed by atoms with van der Waals surface area (Å²) in [5.41, 5.74) is 0.675. The summed E-state index contributed by atoms with van der Waals surface area (Å²) in [6.07, 6.45) is 0.182. The third-order valence-electron chi connectivity index (χ3n) is 2.98. The Morgan fingerprint density at radius 1 is 1.36 bits per heavy atom. The van der Waals surface area contributed by atoms with Crippen molar-refractivity contribution in [2.24, 2.45) is 0 Å². The Labute approximate surface area is 135 Å². The number of aliphatic carboxylic acids is 1. The van der Waals surface area contributed by atoms with Crippen LogP contribution in [0.5, 0.6) is 0 Å². The fraction of sp³-hybridized carbons (Fsp3) is 0.500. The van der Waals surface area contributed by atoms with E-state index in [1.165, 1.54) is 0 Å². The number of nitrogens with one attached hydrogen (secondary N) is 1. The number of rotatable bonds is 6. The van der Waals surface area contributed by atoms with Gasteiger partial charge >= 0.3 is 5.97 Å². The van der Waals surface area contributed by atoms with E-state index in [2.05, 4.69) is 5.32 Å². The Balaban J connectivity index is 2.72. The number of aryl methyl sites for hydroxylation is 1. The molecule has 5 nitrogen and oxygen atoms in total. The maximum atomic E-state index is 12.2. The lowest BCUT2D eigenvalue weighted by Gasteiger charge is -2.21. The third kappa shape index (κ3) is 5.66. The van der Waals surface area contributed by atoms with E-state index in [0.29, 0.717) is 5.02 Å². The Morgan fingerprint density at radius 2 is 2.00 bits per heavy atom. The molecule has 0 aliphatic rings. The van der Waals surface area contributed by atoms with Crippen molar-refractivity contribution in [1.29, 1.82) is 0 Å². The molecule has 0 aliphatic heterocycles. The molecular formula is C16H22ClNO4. The topological polar surface area (TPSA) is 75.6 Å². The highest BCUT2D eigenvalue weighted by atomic mass is 35.5. The zero-order valence-electron chi connectivity index (χ0n) is 13.3. The summed E-state index contributed by atoms with van der Waals surface area (Å²) < 4.78 is 5.50. The second kappa shape index (κ2) is 7.61. The maximum absolute atomic E-state index is 12.2. The molecule has 0 radical (unpaired) electrons. The molecule has 1 aromatic rings. The van der Waals surface area contributed by atoms with Gasteiger partial charge in [-0.2, -0.15) is 0 Å². The number of carboxylic acids is 1. The fourth-order valence-corrected chi connectivity index (χ4v) is 2.01. The standard InChI is InChI=1S/C16H22ClNO4/c1-10-6-5-7-11(13(10)17)14(19)18-12(15(20)21)8-9-22-16(2,3)4/h5-7,12H,8-9H2,1-4H3,(H,18,19)(H,20,21). The molecule has 0 heterocycles. The van der Waals surface area contributed by atoms with E-state index >= 15 is 0 Å². The number of hydrogen-bond acceptors (Lipinski definition) is 3. The number of benzene rings is 1. The molecule has 1 amide bonds. The van der Waals surface area contributed by atoms with Crippen LogP contribution in [0.1, 0.15) is 43.1 Å². The van der Waals surface area contributed by atoms with Crippen molar-refractivity contribution in [2.45, 2.75) is 45.8 Å². The van der Waals surface area contributed by atoms with Crippen LogP contribution in [0.2, 0.25) is 5.02 Å². The Kier molecular flexibility index (Phi) is 6.38. The molecule has 0 aromatic heterocycles. The fourth-order valence-electron chi connectivity index (χ4n) is 1.80. The average molecular weight is 328 g/mol. The summed E-state index contributed by atoms with van der Waals surface area (Å²) in [5.74, 6) is -1.61. The molecule has 2 N–H and O–H groups in total. The number of carbonyl (C=O) groups excluding carboxylic acids is 1. The lowest BCUT2D eigenvalue weighted by atomic mass is 10.1.